The maximum atomic E-state index is 11.8. The number of aliphatic carboxylic acids is 1. The van der Waals surface area contributed by atoms with E-state index in [4.69, 9.17) is 10.8 Å². The van der Waals surface area contributed by atoms with Gasteiger partial charge in [-0.25, -0.2) is 4.79 Å². The molecule has 5 N–H and O–H groups in total. The first-order valence-corrected chi connectivity index (χ1v) is 6.76. The van der Waals surface area contributed by atoms with E-state index >= 15 is 0 Å². The van der Waals surface area contributed by atoms with Crippen LogP contribution in [0.3, 0.4) is 0 Å². The number of nitrogens with two attached hydrogens (primary N) is 1. The summed E-state index contributed by atoms with van der Waals surface area (Å²) in [7, 11) is 0. The fourth-order valence-corrected chi connectivity index (χ4v) is 1.78. The van der Waals surface area contributed by atoms with E-state index in [1.54, 1.807) is 0 Å². The third kappa shape index (κ3) is 5.19. The number of hydrogen-bond donors (Lipinski definition) is 4. The zero-order valence-electron chi connectivity index (χ0n) is 12.6. The van der Waals surface area contributed by atoms with E-state index in [1.165, 1.54) is 6.92 Å². The van der Waals surface area contributed by atoms with Crippen LogP contribution in [-0.2, 0) is 28.8 Å². The molecule has 2 unspecified atom stereocenters. The van der Waals surface area contributed by atoms with Crippen LogP contribution in [0.15, 0.2) is 12.2 Å². The molecule has 0 spiro atoms. The van der Waals surface area contributed by atoms with Gasteiger partial charge in [0, 0.05) is 12.2 Å². The molecule has 0 aliphatic carbocycles. The number of carboxylic acids is 1. The molecule has 0 bridgehead atoms. The summed E-state index contributed by atoms with van der Waals surface area (Å²) < 4.78 is 0. The summed E-state index contributed by atoms with van der Waals surface area (Å²) in [5, 5.41) is 13.1. The predicted octanol–water partition coefficient (Wildman–Crippen LogP) is -3.14. The zero-order chi connectivity index (χ0) is 18.4. The van der Waals surface area contributed by atoms with Gasteiger partial charge in [-0.2, -0.15) is 0 Å². The number of primary amides is 1. The van der Waals surface area contributed by atoms with Crippen molar-refractivity contribution in [2.24, 2.45) is 5.73 Å². The number of nitrogens with one attached hydrogen (secondary N) is 2. The number of rotatable bonds is 8. The van der Waals surface area contributed by atoms with Crippen molar-refractivity contribution in [2.45, 2.75) is 25.4 Å². The molecule has 0 aromatic carbocycles. The van der Waals surface area contributed by atoms with Gasteiger partial charge in [0.2, 0.25) is 17.7 Å². The van der Waals surface area contributed by atoms with Crippen LogP contribution in [0.4, 0.5) is 0 Å². The van der Waals surface area contributed by atoms with Crippen LogP contribution in [0.5, 0.6) is 0 Å². The van der Waals surface area contributed by atoms with Crippen molar-refractivity contribution in [2.75, 3.05) is 6.54 Å². The molecule has 0 aromatic heterocycles. The number of carboxylic acid groups (broad SMARTS) is 1. The molecule has 0 aromatic rings. The van der Waals surface area contributed by atoms with E-state index in [2.05, 4.69) is 10.6 Å². The normalized spacial score (nSPS) is 15.8. The van der Waals surface area contributed by atoms with E-state index in [0.29, 0.717) is 4.90 Å². The highest BCUT2D eigenvalue weighted by molar-refractivity contribution is 6.14. The van der Waals surface area contributed by atoms with Crippen LogP contribution in [0.2, 0.25) is 0 Å². The third-order valence-electron chi connectivity index (χ3n) is 2.99. The highest BCUT2D eigenvalue weighted by atomic mass is 16.4. The van der Waals surface area contributed by atoms with Crippen molar-refractivity contribution >= 4 is 35.5 Å². The van der Waals surface area contributed by atoms with Crippen molar-refractivity contribution in [3.8, 4) is 0 Å². The molecular formula is C13H16N4O7. The Morgan fingerprint density at radius 1 is 1.17 bits per heavy atom. The van der Waals surface area contributed by atoms with Crippen molar-refractivity contribution < 1.29 is 33.9 Å². The van der Waals surface area contributed by atoms with Gasteiger partial charge in [-0.15, -0.1) is 0 Å². The Morgan fingerprint density at radius 2 is 1.71 bits per heavy atom. The first-order valence-electron chi connectivity index (χ1n) is 6.76. The summed E-state index contributed by atoms with van der Waals surface area (Å²) in [5.74, 6) is -5.34. The maximum Gasteiger partial charge on any atom is 0.326 e. The summed E-state index contributed by atoms with van der Waals surface area (Å²) in [6, 6.07) is -2.69. The molecule has 11 heteroatoms. The minimum absolute atomic E-state index is 0.577. The van der Waals surface area contributed by atoms with Crippen molar-refractivity contribution in [1.29, 1.82) is 0 Å². The Kier molecular flexibility index (Phi) is 6.15. The monoisotopic (exact) mass is 340 g/mol. The van der Waals surface area contributed by atoms with Crippen LogP contribution < -0.4 is 16.4 Å². The number of carbonyl (C=O) groups excluding carboxylic acids is 5. The second kappa shape index (κ2) is 7.85. The van der Waals surface area contributed by atoms with Gasteiger partial charge in [0.05, 0.1) is 6.42 Å². The largest absolute Gasteiger partial charge is 0.480 e. The molecular weight excluding hydrogens is 324 g/mol. The molecule has 1 heterocycles. The van der Waals surface area contributed by atoms with E-state index in [9.17, 15) is 28.8 Å². The van der Waals surface area contributed by atoms with Crippen LogP contribution in [-0.4, -0.2) is 64.1 Å². The fraction of sp³-hybridized carbons (Fsp3) is 0.385. The number of imide groups is 1. The molecule has 0 saturated heterocycles. The van der Waals surface area contributed by atoms with E-state index in [-0.39, 0.29) is 0 Å². The second-order valence-corrected chi connectivity index (χ2v) is 4.96. The first-order chi connectivity index (χ1) is 11.1. The summed E-state index contributed by atoms with van der Waals surface area (Å²) in [4.78, 5) is 68.6. The van der Waals surface area contributed by atoms with Gasteiger partial charge in [-0.05, 0) is 6.92 Å². The molecule has 11 nitrogen and oxygen atoms in total. The minimum Gasteiger partial charge on any atom is -0.480 e. The lowest BCUT2D eigenvalue weighted by Gasteiger charge is -2.19. The average Bonchev–Trinajstić information content (AvgIpc) is 2.77. The third-order valence-corrected chi connectivity index (χ3v) is 2.99. The average molecular weight is 340 g/mol. The van der Waals surface area contributed by atoms with Gasteiger partial charge >= 0.3 is 5.97 Å². The van der Waals surface area contributed by atoms with E-state index in [0.717, 1.165) is 12.2 Å². The SMILES string of the molecule is CC(NC(=O)CN1C(=O)C=CC1=O)C(=O)NC(CC(N)=O)C(=O)O. The Morgan fingerprint density at radius 3 is 2.17 bits per heavy atom. The van der Waals surface area contributed by atoms with Gasteiger partial charge in [-0.3, -0.25) is 28.9 Å². The summed E-state index contributed by atoms with van der Waals surface area (Å²) in [6.07, 6.45) is 1.41. The Labute approximate surface area is 135 Å². The lowest BCUT2D eigenvalue weighted by atomic mass is 10.2. The Balaban J connectivity index is 2.55. The summed E-state index contributed by atoms with van der Waals surface area (Å²) >= 11 is 0. The lowest BCUT2D eigenvalue weighted by molar-refractivity contribution is -0.144. The van der Waals surface area contributed by atoms with Crippen LogP contribution in [0.25, 0.3) is 0 Å². The smallest absolute Gasteiger partial charge is 0.326 e. The first kappa shape index (κ1) is 18.8. The van der Waals surface area contributed by atoms with Gasteiger partial charge in [-0.1, -0.05) is 0 Å². The highest BCUT2D eigenvalue weighted by Crippen LogP contribution is 2.02. The molecule has 1 aliphatic heterocycles. The molecule has 0 fully saturated rings. The van der Waals surface area contributed by atoms with Crippen molar-refractivity contribution in [3.63, 3.8) is 0 Å². The van der Waals surface area contributed by atoms with Crippen molar-refractivity contribution in [1.82, 2.24) is 15.5 Å². The quantitative estimate of drug-likeness (QED) is 0.337. The van der Waals surface area contributed by atoms with E-state index < -0.39 is 60.6 Å². The summed E-state index contributed by atoms with van der Waals surface area (Å²) in [5.41, 5.74) is 4.88. The maximum absolute atomic E-state index is 11.8. The topological polar surface area (TPSA) is 176 Å². The lowest BCUT2D eigenvalue weighted by Crippen LogP contribution is -2.52. The molecule has 0 saturated carbocycles. The van der Waals surface area contributed by atoms with Crippen LogP contribution >= 0.6 is 0 Å². The van der Waals surface area contributed by atoms with Gasteiger partial charge < -0.3 is 21.5 Å². The molecule has 1 rings (SSSR count). The number of hydrogen-bond acceptors (Lipinski definition) is 6. The molecule has 2 atom stereocenters. The van der Waals surface area contributed by atoms with Gasteiger partial charge in [0.1, 0.15) is 18.6 Å². The fourth-order valence-electron chi connectivity index (χ4n) is 1.78. The molecule has 0 radical (unpaired) electrons. The molecule has 5 amide bonds. The number of carbonyl (C=O) groups is 6. The standard InChI is InChI=1S/C13H16N4O7/c1-6(12(22)16-7(13(23)24)4-8(14)18)15-9(19)5-17-10(20)2-3-11(17)21/h2-3,6-7H,4-5H2,1H3,(H2,14,18)(H,15,19)(H,16,22)(H,23,24). The van der Waals surface area contributed by atoms with Crippen LogP contribution in [0.1, 0.15) is 13.3 Å². The number of amides is 5. The predicted molar refractivity (Wildman–Crippen MR) is 76.8 cm³/mol. The molecule has 130 valence electrons. The van der Waals surface area contributed by atoms with Crippen LogP contribution in [0, 0.1) is 0 Å². The van der Waals surface area contributed by atoms with Gasteiger partial charge in [0.15, 0.2) is 0 Å². The summed E-state index contributed by atoms with van der Waals surface area (Å²) in [6.45, 7) is 0.689. The van der Waals surface area contributed by atoms with Gasteiger partial charge in [0.25, 0.3) is 11.8 Å². The highest BCUT2D eigenvalue weighted by Gasteiger charge is 2.28. The number of nitrogens with zero attached hydrogens (tertiary/aromatic N) is 1. The molecule has 24 heavy (non-hydrogen) atoms. The minimum atomic E-state index is -1.53. The van der Waals surface area contributed by atoms with E-state index in [1.807, 2.05) is 0 Å². The molecule has 1 aliphatic rings. The Hall–Kier alpha value is -3.24. The Bertz CT molecular complexity index is 610. The van der Waals surface area contributed by atoms with Crippen molar-refractivity contribution in [3.05, 3.63) is 12.2 Å². The zero-order valence-corrected chi connectivity index (χ0v) is 12.6. The second-order valence-electron chi connectivity index (χ2n) is 4.96.